The first-order valence-electron chi connectivity index (χ1n) is 5.61. The van der Waals surface area contributed by atoms with E-state index in [1.54, 1.807) is 0 Å². The van der Waals surface area contributed by atoms with Crippen LogP contribution in [0.1, 0.15) is 49.4 Å². The van der Waals surface area contributed by atoms with Crippen molar-refractivity contribution in [3.63, 3.8) is 0 Å². The van der Waals surface area contributed by atoms with E-state index in [4.69, 9.17) is 0 Å². The molecule has 0 fully saturated rings. The van der Waals surface area contributed by atoms with Gasteiger partial charge in [0.05, 0.1) is 3.79 Å². The van der Waals surface area contributed by atoms with Gasteiger partial charge in [-0.15, -0.1) is 11.3 Å². The molecule has 1 aromatic heterocycles. The molecule has 0 N–H and O–H groups in total. The second-order valence-corrected chi connectivity index (χ2v) is 9.08. The Morgan fingerprint density at radius 1 is 1.38 bits per heavy atom. The van der Waals surface area contributed by atoms with E-state index >= 15 is 0 Å². The molecule has 2 atom stereocenters. The average molecular weight is 368 g/mol. The van der Waals surface area contributed by atoms with Gasteiger partial charge in [-0.05, 0) is 52.2 Å². The van der Waals surface area contributed by atoms with E-state index in [0.717, 1.165) is 0 Å². The highest BCUT2D eigenvalue weighted by molar-refractivity contribution is 9.11. The molecule has 1 aromatic rings. The highest BCUT2D eigenvalue weighted by Crippen LogP contribution is 2.41. The van der Waals surface area contributed by atoms with Crippen molar-refractivity contribution in [1.29, 1.82) is 0 Å². The average Bonchev–Trinajstić information content (AvgIpc) is 2.45. The molecule has 0 aliphatic heterocycles. The SMILES string of the molecule is Cc1cc(C(Br)CC(C)C(C)(C)C)sc1Br. The number of alkyl halides is 1. The summed E-state index contributed by atoms with van der Waals surface area (Å²) in [7, 11) is 0. The molecule has 1 rings (SSSR count). The van der Waals surface area contributed by atoms with E-state index in [1.165, 1.54) is 20.6 Å². The summed E-state index contributed by atoms with van der Waals surface area (Å²) in [4.78, 5) is 1.91. The highest BCUT2D eigenvalue weighted by atomic mass is 79.9. The lowest BCUT2D eigenvalue weighted by molar-refractivity contribution is 0.247. The van der Waals surface area contributed by atoms with Crippen molar-refractivity contribution in [3.8, 4) is 0 Å². The van der Waals surface area contributed by atoms with Crippen molar-refractivity contribution in [2.45, 2.75) is 45.9 Å². The molecular formula is C13H20Br2S. The number of hydrogen-bond donors (Lipinski definition) is 0. The second kappa shape index (κ2) is 5.53. The van der Waals surface area contributed by atoms with Crippen LogP contribution in [0.25, 0.3) is 0 Å². The molecule has 0 radical (unpaired) electrons. The van der Waals surface area contributed by atoms with Crippen LogP contribution in [0.2, 0.25) is 0 Å². The third-order valence-electron chi connectivity index (χ3n) is 3.22. The minimum atomic E-state index is 0.384. The van der Waals surface area contributed by atoms with E-state index in [0.29, 0.717) is 16.2 Å². The van der Waals surface area contributed by atoms with Crippen molar-refractivity contribution >= 4 is 43.2 Å². The molecule has 0 saturated heterocycles. The molecule has 1 heterocycles. The van der Waals surface area contributed by atoms with E-state index in [-0.39, 0.29) is 0 Å². The normalized spacial score (nSPS) is 16.2. The highest BCUT2D eigenvalue weighted by Gasteiger charge is 2.24. The smallest absolute Gasteiger partial charge is 0.0730 e. The summed E-state index contributed by atoms with van der Waals surface area (Å²) >= 11 is 9.25. The fraction of sp³-hybridized carbons (Fsp3) is 0.692. The van der Waals surface area contributed by atoms with E-state index in [9.17, 15) is 0 Å². The maximum Gasteiger partial charge on any atom is 0.0730 e. The molecular weight excluding hydrogens is 348 g/mol. The number of hydrogen-bond acceptors (Lipinski definition) is 1. The van der Waals surface area contributed by atoms with Crippen molar-refractivity contribution in [2.24, 2.45) is 11.3 Å². The van der Waals surface area contributed by atoms with E-state index < -0.39 is 0 Å². The van der Waals surface area contributed by atoms with Gasteiger partial charge >= 0.3 is 0 Å². The van der Waals surface area contributed by atoms with Crippen LogP contribution in [0.5, 0.6) is 0 Å². The molecule has 2 unspecified atom stereocenters. The Labute approximate surface area is 120 Å². The third-order valence-corrected chi connectivity index (χ3v) is 6.64. The molecule has 0 aromatic carbocycles. The fourth-order valence-corrected chi connectivity index (χ4v) is 3.95. The van der Waals surface area contributed by atoms with Crippen LogP contribution >= 0.6 is 43.2 Å². The molecule has 0 saturated carbocycles. The fourth-order valence-electron chi connectivity index (χ4n) is 1.42. The van der Waals surface area contributed by atoms with Gasteiger partial charge < -0.3 is 0 Å². The monoisotopic (exact) mass is 366 g/mol. The van der Waals surface area contributed by atoms with Crippen LogP contribution in [-0.2, 0) is 0 Å². The second-order valence-electron chi connectivity index (χ2n) is 5.58. The lowest BCUT2D eigenvalue weighted by Crippen LogP contribution is -2.18. The largest absolute Gasteiger partial charge is 0.132 e. The van der Waals surface area contributed by atoms with Gasteiger partial charge in [-0.3, -0.25) is 0 Å². The van der Waals surface area contributed by atoms with E-state index in [2.05, 4.69) is 72.5 Å². The van der Waals surface area contributed by atoms with Crippen LogP contribution in [0.15, 0.2) is 9.85 Å². The summed E-state index contributed by atoms with van der Waals surface area (Å²) in [6.45, 7) is 11.4. The predicted molar refractivity (Wildman–Crippen MR) is 81.7 cm³/mol. The maximum atomic E-state index is 3.82. The minimum absolute atomic E-state index is 0.384. The zero-order chi connectivity index (χ0) is 12.5. The van der Waals surface area contributed by atoms with Crippen LogP contribution in [0.3, 0.4) is 0 Å². The van der Waals surface area contributed by atoms with Crippen LogP contribution < -0.4 is 0 Å². The number of rotatable bonds is 3. The molecule has 0 bridgehead atoms. The van der Waals surface area contributed by atoms with Crippen LogP contribution in [0.4, 0.5) is 0 Å². The number of aryl methyl sites for hydroxylation is 1. The standard InChI is InChI=1S/C13H20Br2S/c1-8-6-11(16-12(8)15)10(14)7-9(2)13(3,4)5/h6,9-10H,7H2,1-5H3. The van der Waals surface area contributed by atoms with Crippen molar-refractivity contribution in [3.05, 3.63) is 20.3 Å². The maximum absolute atomic E-state index is 3.82. The molecule has 0 spiro atoms. The first-order valence-corrected chi connectivity index (χ1v) is 8.14. The molecule has 92 valence electrons. The summed E-state index contributed by atoms with van der Waals surface area (Å²) in [5.74, 6) is 0.707. The van der Waals surface area contributed by atoms with Gasteiger partial charge in [0.25, 0.3) is 0 Å². The number of thiophene rings is 1. The summed E-state index contributed by atoms with van der Waals surface area (Å²) in [6.07, 6.45) is 1.19. The van der Waals surface area contributed by atoms with Gasteiger partial charge in [-0.25, -0.2) is 0 Å². The Balaban J connectivity index is 2.69. The van der Waals surface area contributed by atoms with Gasteiger partial charge in [0, 0.05) is 9.70 Å². The Hall–Kier alpha value is 0.660. The van der Waals surface area contributed by atoms with Gasteiger partial charge in [0.2, 0.25) is 0 Å². The van der Waals surface area contributed by atoms with Crippen molar-refractivity contribution in [1.82, 2.24) is 0 Å². The van der Waals surface area contributed by atoms with Crippen molar-refractivity contribution in [2.75, 3.05) is 0 Å². The molecule has 0 aliphatic carbocycles. The third kappa shape index (κ3) is 3.85. The van der Waals surface area contributed by atoms with Crippen LogP contribution in [0, 0.1) is 18.3 Å². The summed E-state index contributed by atoms with van der Waals surface area (Å²) in [5.41, 5.74) is 1.73. The summed E-state index contributed by atoms with van der Waals surface area (Å²) < 4.78 is 1.26. The Morgan fingerprint density at radius 3 is 2.31 bits per heavy atom. The Bertz CT molecular complexity index is 330. The predicted octanol–water partition coefficient (Wildman–Crippen LogP) is 6.33. The molecule has 0 nitrogen and oxygen atoms in total. The quantitative estimate of drug-likeness (QED) is 0.547. The minimum Gasteiger partial charge on any atom is -0.132 e. The Morgan fingerprint density at radius 2 is 1.94 bits per heavy atom. The lowest BCUT2D eigenvalue weighted by atomic mass is 9.79. The number of halogens is 2. The van der Waals surface area contributed by atoms with Gasteiger partial charge in [0.1, 0.15) is 0 Å². The van der Waals surface area contributed by atoms with E-state index in [1.807, 2.05) is 11.3 Å². The molecule has 3 heteroatoms. The molecule has 16 heavy (non-hydrogen) atoms. The summed E-state index contributed by atoms with van der Waals surface area (Å²) in [6, 6.07) is 2.28. The van der Waals surface area contributed by atoms with Crippen molar-refractivity contribution < 1.29 is 0 Å². The first kappa shape index (κ1) is 14.7. The zero-order valence-electron chi connectivity index (χ0n) is 10.6. The van der Waals surface area contributed by atoms with Gasteiger partial charge in [-0.1, -0.05) is 43.6 Å². The Kier molecular flexibility index (Phi) is 5.09. The molecule has 0 aliphatic rings. The van der Waals surface area contributed by atoms with Gasteiger partial charge in [-0.2, -0.15) is 0 Å². The lowest BCUT2D eigenvalue weighted by Gasteiger charge is -2.28. The topological polar surface area (TPSA) is 0 Å². The van der Waals surface area contributed by atoms with Crippen LogP contribution in [-0.4, -0.2) is 0 Å². The molecule has 0 amide bonds. The van der Waals surface area contributed by atoms with Gasteiger partial charge in [0.15, 0.2) is 0 Å². The first-order chi connectivity index (χ1) is 7.21. The zero-order valence-corrected chi connectivity index (χ0v) is 14.6. The summed E-state index contributed by atoms with van der Waals surface area (Å²) in [5, 5.41) is 0.